The van der Waals surface area contributed by atoms with Crippen molar-refractivity contribution in [3.8, 4) is 0 Å². The molecule has 13 heavy (non-hydrogen) atoms. The number of hydrazine groups is 1. The zero-order valence-corrected chi connectivity index (χ0v) is 6.75. The highest BCUT2D eigenvalue weighted by Gasteiger charge is 1.95. The molecule has 0 aromatic heterocycles. The smallest absolute Gasteiger partial charge is 0.212 e. The average Bonchev–Trinajstić information content (AvgIpc) is 2.04. The standard InChI is InChI=1S/C7H10N4O2/c8-7(10-11(12)13)9-6-4-2-1-3-5-6/h1-5,12-13H,(H3,8,9,10). The van der Waals surface area contributed by atoms with Gasteiger partial charge in [-0.25, -0.2) is 10.4 Å². The van der Waals surface area contributed by atoms with Crippen molar-refractivity contribution in [2.24, 2.45) is 10.7 Å². The number of hydrogen-bond donors (Lipinski definition) is 4. The largest absolute Gasteiger partial charge is 0.368 e. The molecule has 1 rings (SSSR count). The van der Waals surface area contributed by atoms with Crippen LogP contribution in [0.25, 0.3) is 0 Å². The van der Waals surface area contributed by atoms with Crippen LogP contribution < -0.4 is 11.2 Å². The van der Waals surface area contributed by atoms with Crippen LogP contribution in [-0.2, 0) is 0 Å². The van der Waals surface area contributed by atoms with E-state index in [9.17, 15) is 0 Å². The lowest BCUT2D eigenvalue weighted by Gasteiger charge is -2.07. The molecule has 0 aliphatic rings. The van der Waals surface area contributed by atoms with Crippen molar-refractivity contribution in [2.45, 2.75) is 0 Å². The van der Waals surface area contributed by atoms with Crippen molar-refractivity contribution in [3.05, 3.63) is 30.3 Å². The first-order chi connectivity index (χ1) is 6.18. The van der Waals surface area contributed by atoms with Crippen molar-refractivity contribution in [2.75, 3.05) is 0 Å². The monoisotopic (exact) mass is 182 g/mol. The Bertz CT molecular complexity index is 286. The van der Waals surface area contributed by atoms with Crippen LogP contribution in [0.1, 0.15) is 0 Å². The number of nitrogens with one attached hydrogen (secondary N) is 1. The Labute approximate surface area is 74.8 Å². The van der Waals surface area contributed by atoms with Gasteiger partial charge in [-0.15, -0.1) is 0 Å². The number of para-hydroxylation sites is 1. The molecule has 0 saturated heterocycles. The van der Waals surface area contributed by atoms with Crippen LogP contribution in [0.5, 0.6) is 0 Å². The summed E-state index contributed by atoms with van der Waals surface area (Å²) in [6.45, 7) is 0. The third-order valence-electron chi connectivity index (χ3n) is 1.22. The third kappa shape index (κ3) is 3.52. The second kappa shape index (κ2) is 4.41. The number of nitrogens with zero attached hydrogens (tertiary/aromatic N) is 2. The Kier molecular flexibility index (Phi) is 3.21. The molecule has 0 atom stereocenters. The highest BCUT2D eigenvalue weighted by Crippen LogP contribution is 2.08. The SMILES string of the molecule is NC(=Nc1ccccc1)NN(O)O. The first kappa shape index (κ1) is 9.46. The molecule has 0 radical (unpaired) electrons. The summed E-state index contributed by atoms with van der Waals surface area (Å²) in [6, 6.07) is 8.89. The molecule has 1 aromatic carbocycles. The van der Waals surface area contributed by atoms with E-state index in [0.29, 0.717) is 5.69 Å². The predicted molar refractivity (Wildman–Crippen MR) is 46.3 cm³/mol. The van der Waals surface area contributed by atoms with Crippen molar-refractivity contribution >= 4 is 11.6 Å². The Hall–Kier alpha value is -1.63. The van der Waals surface area contributed by atoms with E-state index in [2.05, 4.69) is 4.99 Å². The Morgan fingerprint density at radius 3 is 2.46 bits per heavy atom. The second-order valence-corrected chi connectivity index (χ2v) is 2.23. The Morgan fingerprint density at radius 1 is 1.31 bits per heavy atom. The molecule has 6 nitrogen and oxygen atoms in total. The van der Waals surface area contributed by atoms with Crippen molar-refractivity contribution < 1.29 is 10.4 Å². The van der Waals surface area contributed by atoms with Gasteiger partial charge >= 0.3 is 0 Å². The number of benzene rings is 1. The molecule has 0 amide bonds. The molecule has 1 aromatic rings. The molecule has 0 unspecified atom stereocenters. The molecule has 5 N–H and O–H groups in total. The Balaban J connectivity index is 2.66. The number of guanidine groups is 1. The van der Waals surface area contributed by atoms with Crippen molar-refractivity contribution in [1.82, 2.24) is 10.8 Å². The fraction of sp³-hybridized carbons (Fsp3) is 0. The molecular weight excluding hydrogens is 172 g/mol. The fourth-order valence-corrected chi connectivity index (χ4v) is 0.769. The van der Waals surface area contributed by atoms with E-state index in [1.165, 1.54) is 0 Å². The van der Waals surface area contributed by atoms with Crippen molar-refractivity contribution in [3.63, 3.8) is 0 Å². The summed E-state index contributed by atoms with van der Waals surface area (Å²) in [6.07, 6.45) is 0. The maximum atomic E-state index is 8.32. The molecule has 0 heterocycles. The molecule has 0 spiro atoms. The van der Waals surface area contributed by atoms with Crippen LogP contribution in [0.2, 0.25) is 0 Å². The molecular formula is C7H10N4O2. The van der Waals surface area contributed by atoms with Gasteiger partial charge in [0.15, 0.2) is 0 Å². The van der Waals surface area contributed by atoms with Gasteiger partial charge in [-0.1, -0.05) is 18.2 Å². The zero-order valence-electron chi connectivity index (χ0n) is 6.75. The van der Waals surface area contributed by atoms with Gasteiger partial charge in [-0.05, 0) is 12.1 Å². The molecule has 0 fully saturated rings. The van der Waals surface area contributed by atoms with E-state index in [4.69, 9.17) is 16.1 Å². The highest BCUT2D eigenvalue weighted by molar-refractivity contribution is 5.80. The topological polar surface area (TPSA) is 94.1 Å². The summed E-state index contributed by atoms with van der Waals surface area (Å²) in [5.41, 5.74) is 7.87. The van der Waals surface area contributed by atoms with E-state index in [1.807, 2.05) is 11.5 Å². The summed E-state index contributed by atoms with van der Waals surface area (Å²) in [5.74, 6) is -0.115. The van der Waals surface area contributed by atoms with E-state index in [0.717, 1.165) is 0 Å². The van der Waals surface area contributed by atoms with Crippen LogP contribution in [0.15, 0.2) is 35.3 Å². The molecule has 0 aliphatic carbocycles. The molecule has 0 bridgehead atoms. The summed E-state index contributed by atoms with van der Waals surface area (Å²) in [5, 5.41) is 16.4. The van der Waals surface area contributed by atoms with Gasteiger partial charge < -0.3 is 5.73 Å². The fourth-order valence-electron chi connectivity index (χ4n) is 0.769. The van der Waals surface area contributed by atoms with Gasteiger partial charge in [-0.3, -0.25) is 10.4 Å². The normalized spacial score (nSPS) is 11.8. The minimum atomic E-state index is -0.262. The predicted octanol–water partition coefficient (Wildman–Crippen LogP) is 0.218. The van der Waals surface area contributed by atoms with Crippen LogP contribution >= 0.6 is 0 Å². The number of nitrogens with two attached hydrogens (primary N) is 1. The van der Waals surface area contributed by atoms with E-state index >= 15 is 0 Å². The summed E-state index contributed by atoms with van der Waals surface area (Å²) < 4.78 is 0. The Morgan fingerprint density at radius 2 is 1.92 bits per heavy atom. The molecule has 6 heteroatoms. The molecule has 70 valence electrons. The van der Waals surface area contributed by atoms with Crippen LogP contribution in [0.4, 0.5) is 5.69 Å². The minimum Gasteiger partial charge on any atom is -0.368 e. The number of aliphatic imine (C=N–C) groups is 1. The van der Waals surface area contributed by atoms with Gasteiger partial charge in [0.2, 0.25) is 5.96 Å². The van der Waals surface area contributed by atoms with Gasteiger partial charge in [-0.2, -0.15) is 0 Å². The first-order valence-corrected chi connectivity index (χ1v) is 3.52. The average molecular weight is 182 g/mol. The van der Waals surface area contributed by atoms with Crippen LogP contribution in [0.3, 0.4) is 0 Å². The van der Waals surface area contributed by atoms with Gasteiger partial charge in [0.25, 0.3) is 0 Å². The number of hydrogen-bond acceptors (Lipinski definition) is 4. The minimum absolute atomic E-state index is 0.115. The van der Waals surface area contributed by atoms with Gasteiger partial charge in [0.05, 0.1) is 5.69 Å². The lowest BCUT2D eigenvalue weighted by Crippen LogP contribution is -2.41. The van der Waals surface area contributed by atoms with Gasteiger partial charge in [0, 0.05) is 5.34 Å². The zero-order chi connectivity index (χ0) is 9.68. The lowest BCUT2D eigenvalue weighted by atomic mass is 10.3. The maximum absolute atomic E-state index is 8.32. The molecule has 0 saturated carbocycles. The summed E-state index contributed by atoms with van der Waals surface area (Å²) in [4.78, 5) is 3.82. The van der Waals surface area contributed by atoms with Crippen LogP contribution in [-0.4, -0.2) is 21.7 Å². The number of rotatable bonds is 2. The maximum Gasteiger partial charge on any atom is 0.212 e. The highest BCUT2D eigenvalue weighted by atomic mass is 16.8. The lowest BCUT2D eigenvalue weighted by molar-refractivity contribution is -0.329. The van der Waals surface area contributed by atoms with Crippen LogP contribution in [0, 0.1) is 0 Å². The third-order valence-corrected chi connectivity index (χ3v) is 1.22. The van der Waals surface area contributed by atoms with E-state index < -0.39 is 0 Å². The van der Waals surface area contributed by atoms with E-state index in [1.54, 1.807) is 24.3 Å². The van der Waals surface area contributed by atoms with Gasteiger partial charge in [0.1, 0.15) is 0 Å². The molecule has 0 aliphatic heterocycles. The van der Waals surface area contributed by atoms with Crippen molar-refractivity contribution in [1.29, 1.82) is 0 Å². The summed E-state index contributed by atoms with van der Waals surface area (Å²) in [7, 11) is 0. The second-order valence-electron chi connectivity index (χ2n) is 2.23. The first-order valence-electron chi connectivity index (χ1n) is 3.52. The quantitative estimate of drug-likeness (QED) is 0.298. The van der Waals surface area contributed by atoms with E-state index in [-0.39, 0.29) is 11.3 Å². The summed E-state index contributed by atoms with van der Waals surface area (Å²) >= 11 is 0.